The maximum Gasteiger partial charge on any atom is 2.00 e. The maximum absolute atomic E-state index is 13.1. The molecule has 17 heteroatoms. The van der Waals surface area contributed by atoms with Crippen LogP contribution in [-0.2, 0) is 32.3 Å². The molecular weight excluding hydrogens is 977 g/mol. The van der Waals surface area contributed by atoms with E-state index in [4.69, 9.17) is 0 Å². The number of carbonyl (C=O) groups excluding carboxylic acids is 4. The van der Waals surface area contributed by atoms with Crippen LogP contribution in [0.5, 0.6) is 11.8 Å². The Morgan fingerprint density at radius 1 is 0.440 bits per heavy atom. The molecule has 0 saturated heterocycles. The SMILES string of the molecule is CCCCCCN1C(=O)C(=CC=Cc2c(C)c(C#N)c(=O)n(CCCCCC)c2[O-])C(C)=C(C#N)C1=O.CCCCCCN1C(=O)C(=CC=Cc2c(C)c(C#N)c(=O)n(CCCCCC)c2[O-])C(C)=C(C#N)C1=O.[Ca+2]. The van der Waals surface area contributed by atoms with Crippen LogP contribution in [0.4, 0.5) is 0 Å². The Kier molecular flexibility index (Phi) is 28.1. The zero-order chi connectivity index (χ0) is 55.1. The van der Waals surface area contributed by atoms with Crippen LogP contribution in [-0.4, -0.2) is 93.4 Å². The minimum absolute atomic E-state index is 0. The molecule has 0 aromatic carbocycles. The number of nitrogens with zero attached hydrogens (tertiary/aromatic N) is 8. The number of hydrogen-bond acceptors (Lipinski definition) is 12. The van der Waals surface area contributed by atoms with Gasteiger partial charge in [0.05, 0.1) is 0 Å². The topological polar surface area (TPSA) is 260 Å². The maximum atomic E-state index is 13.1. The third kappa shape index (κ3) is 16.2. The van der Waals surface area contributed by atoms with Gasteiger partial charge in [-0.15, -0.1) is 0 Å². The van der Waals surface area contributed by atoms with E-state index in [-0.39, 0.29) is 131 Å². The van der Waals surface area contributed by atoms with Gasteiger partial charge in [0.1, 0.15) is 46.5 Å². The van der Waals surface area contributed by atoms with Crippen LogP contribution in [0, 0.1) is 59.2 Å². The minimum atomic E-state index is -0.589. The summed E-state index contributed by atoms with van der Waals surface area (Å²) in [5.74, 6) is -3.12. The molecule has 0 aliphatic carbocycles. The second-order valence-corrected chi connectivity index (χ2v) is 18.4. The summed E-state index contributed by atoms with van der Waals surface area (Å²) in [6.45, 7) is 15.4. The Morgan fingerprint density at radius 3 is 1.03 bits per heavy atom. The summed E-state index contributed by atoms with van der Waals surface area (Å²) in [6, 6.07) is 7.67. The van der Waals surface area contributed by atoms with E-state index in [1.165, 1.54) is 36.5 Å². The van der Waals surface area contributed by atoms with Crippen LogP contribution >= 0.6 is 0 Å². The predicted octanol–water partition coefficient (Wildman–Crippen LogP) is 8.44. The van der Waals surface area contributed by atoms with Gasteiger partial charge in [-0.1, -0.05) is 129 Å². The Labute approximate surface area is 471 Å². The number of nitriles is 4. The smallest absolute Gasteiger partial charge is 0.860 e. The number of aromatic nitrogens is 2. The van der Waals surface area contributed by atoms with Gasteiger partial charge in [-0.2, -0.15) is 21.0 Å². The third-order valence-electron chi connectivity index (χ3n) is 13.3. The molecule has 0 unspecified atom stereocenters. The second kappa shape index (κ2) is 32.7. The van der Waals surface area contributed by atoms with E-state index >= 15 is 0 Å². The summed E-state index contributed by atoms with van der Waals surface area (Å²) < 4.78 is 2.21. The van der Waals surface area contributed by atoms with Crippen molar-refractivity contribution in [3.63, 3.8) is 0 Å². The fourth-order valence-electron chi connectivity index (χ4n) is 8.70. The Balaban J connectivity index is 0.000000507. The van der Waals surface area contributed by atoms with Crippen molar-refractivity contribution >= 4 is 73.5 Å². The summed E-state index contributed by atoms with van der Waals surface area (Å²) in [6.07, 6.45) is 23.0. The summed E-state index contributed by atoms with van der Waals surface area (Å²) >= 11 is 0. The standard InChI is InChI=1S/2C29H36N4O4.Ca/c2*1-5-7-9-11-16-32-26(34)22(20(3)24(18-30)28(32)36)14-13-15-23-21(4)25(19-31)29(37)33(27(23)35)17-12-10-8-6-2;/h2*13-15,34H,5-12,16-17H2,1-4H3;/q;;+2/p-2. The van der Waals surface area contributed by atoms with E-state index in [1.807, 2.05) is 24.3 Å². The first kappa shape index (κ1) is 64.6. The summed E-state index contributed by atoms with van der Waals surface area (Å²) in [7, 11) is 0. The Bertz CT molecular complexity index is 2740. The molecule has 0 spiro atoms. The van der Waals surface area contributed by atoms with Crippen molar-refractivity contribution in [1.82, 2.24) is 18.9 Å². The van der Waals surface area contributed by atoms with Crippen molar-refractivity contribution in [2.75, 3.05) is 13.1 Å². The van der Waals surface area contributed by atoms with Gasteiger partial charge < -0.3 is 19.3 Å². The van der Waals surface area contributed by atoms with Gasteiger partial charge in [0.25, 0.3) is 34.7 Å². The Hall–Kier alpha value is -6.56. The van der Waals surface area contributed by atoms with Crippen LogP contribution in [0.1, 0.15) is 178 Å². The van der Waals surface area contributed by atoms with E-state index in [0.717, 1.165) is 96.0 Å². The molecule has 0 bridgehead atoms. The normalized spacial score (nSPS) is 14.9. The third-order valence-corrected chi connectivity index (χ3v) is 13.3. The molecule has 4 heterocycles. The van der Waals surface area contributed by atoms with Gasteiger partial charge in [-0.3, -0.25) is 38.6 Å². The van der Waals surface area contributed by atoms with Crippen LogP contribution in [0.3, 0.4) is 0 Å². The van der Waals surface area contributed by atoms with Gasteiger partial charge in [-0.25, -0.2) is 0 Å². The van der Waals surface area contributed by atoms with Crippen molar-refractivity contribution < 1.29 is 29.4 Å². The number of pyridine rings is 2. The molecule has 0 radical (unpaired) electrons. The van der Waals surface area contributed by atoms with Crippen molar-refractivity contribution in [1.29, 1.82) is 21.0 Å². The van der Waals surface area contributed by atoms with Crippen LogP contribution in [0.2, 0.25) is 0 Å². The second-order valence-electron chi connectivity index (χ2n) is 18.4. The summed E-state index contributed by atoms with van der Waals surface area (Å²) in [4.78, 5) is 79.3. The molecule has 4 rings (SSSR count). The van der Waals surface area contributed by atoms with E-state index in [1.54, 1.807) is 27.7 Å². The molecule has 0 N–H and O–H groups in total. The van der Waals surface area contributed by atoms with E-state index < -0.39 is 46.5 Å². The molecule has 392 valence electrons. The van der Waals surface area contributed by atoms with Gasteiger partial charge in [-0.05, 0) is 111 Å². The number of unbranched alkanes of at least 4 members (excludes halogenated alkanes) is 12. The molecule has 16 nitrogen and oxygen atoms in total. The molecular formula is C58H70CaN8O8. The van der Waals surface area contributed by atoms with Gasteiger partial charge in [0.15, 0.2) is 0 Å². The number of carbonyl (C=O) groups is 4. The number of rotatable bonds is 24. The predicted molar refractivity (Wildman–Crippen MR) is 286 cm³/mol. The average molecular weight is 1050 g/mol. The fraction of sp³-hybridized carbons (Fsp3) is 0.483. The molecule has 2 aromatic rings. The largest absolute Gasteiger partial charge is 2.00 e. The van der Waals surface area contributed by atoms with Crippen molar-refractivity contribution in [3.8, 4) is 36.0 Å². The van der Waals surface area contributed by atoms with Crippen molar-refractivity contribution in [2.45, 2.75) is 171 Å². The molecule has 0 atom stereocenters. The Morgan fingerprint density at radius 2 is 0.747 bits per heavy atom. The molecule has 0 fully saturated rings. The zero-order valence-electron chi connectivity index (χ0n) is 45.2. The number of hydrogen-bond donors (Lipinski definition) is 0. The first-order valence-electron chi connectivity index (χ1n) is 25.9. The van der Waals surface area contributed by atoms with E-state index in [0.29, 0.717) is 25.7 Å². The molecule has 2 aliphatic rings. The quantitative estimate of drug-likeness (QED) is 0.0415. The average Bonchev–Trinajstić information content (AvgIpc) is 3.37. The van der Waals surface area contributed by atoms with Crippen LogP contribution in [0.15, 0.2) is 67.3 Å². The molecule has 75 heavy (non-hydrogen) atoms. The van der Waals surface area contributed by atoms with Gasteiger partial charge in [0.2, 0.25) is 0 Å². The minimum Gasteiger partial charge on any atom is -0.860 e. The van der Waals surface area contributed by atoms with Crippen molar-refractivity contribution in [2.24, 2.45) is 0 Å². The number of imide groups is 2. The van der Waals surface area contributed by atoms with Gasteiger partial charge >= 0.3 is 37.7 Å². The fourth-order valence-corrected chi connectivity index (χ4v) is 8.70. The molecule has 0 saturated carbocycles. The van der Waals surface area contributed by atoms with Crippen LogP contribution in [0.25, 0.3) is 12.2 Å². The van der Waals surface area contributed by atoms with Crippen LogP contribution < -0.4 is 21.3 Å². The number of amides is 4. The van der Waals surface area contributed by atoms with Crippen molar-refractivity contribution in [3.05, 3.63) is 112 Å². The summed E-state index contributed by atoms with van der Waals surface area (Å²) in [5.41, 5.74) is 0.411. The van der Waals surface area contributed by atoms with Gasteiger partial charge in [0, 0.05) is 37.3 Å². The first-order chi connectivity index (χ1) is 35.5. The summed E-state index contributed by atoms with van der Waals surface area (Å²) in [5, 5.41) is 64.4. The number of allylic oxidation sites excluding steroid dienone is 4. The zero-order valence-corrected chi connectivity index (χ0v) is 47.4. The molecule has 2 aliphatic heterocycles. The first-order valence-corrected chi connectivity index (χ1v) is 25.9. The molecule has 2 aromatic heterocycles. The molecule has 4 amide bonds. The van der Waals surface area contributed by atoms with E-state index in [2.05, 4.69) is 27.7 Å². The van der Waals surface area contributed by atoms with E-state index in [9.17, 15) is 60.0 Å². The monoisotopic (exact) mass is 1050 g/mol.